The van der Waals surface area contributed by atoms with Crippen molar-refractivity contribution in [1.29, 1.82) is 0 Å². The van der Waals surface area contributed by atoms with Crippen molar-refractivity contribution in [2.45, 2.75) is 52.1 Å². The second-order valence-corrected chi connectivity index (χ2v) is 15.6. The molecular formula is C13H31NO3Si2. The first-order chi connectivity index (χ1) is 8.57. The molecule has 0 heterocycles. The van der Waals surface area contributed by atoms with Gasteiger partial charge in [-0.2, -0.15) is 0 Å². The summed E-state index contributed by atoms with van der Waals surface area (Å²) in [5.41, 5.74) is 0. The Morgan fingerprint density at radius 2 is 1.79 bits per heavy atom. The van der Waals surface area contributed by atoms with Gasteiger partial charge in [-0.05, 0) is 51.7 Å². The molecule has 0 amide bonds. The van der Waals surface area contributed by atoms with Gasteiger partial charge < -0.3 is 14.2 Å². The summed E-state index contributed by atoms with van der Waals surface area (Å²) in [6, 6.07) is 1.14. The normalized spacial score (nSPS) is 14.3. The Balaban J connectivity index is 3.75. The van der Waals surface area contributed by atoms with E-state index < -0.39 is 16.6 Å². The third kappa shape index (κ3) is 10.3. The van der Waals surface area contributed by atoms with E-state index in [-0.39, 0.29) is 11.9 Å². The van der Waals surface area contributed by atoms with Crippen molar-refractivity contribution in [2.24, 2.45) is 5.92 Å². The van der Waals surface area contributed by atoms with Crippen LogP contribution in [-0.4, -0.2) is 42.8 Å². The second-order valence-electron chi connectivity index (χ2n) is 6.71. The Hall–Kier alpha value is -0.176. The van der Waals surface area contributed by atoms with E-state index in [1.165, 1.54) is 0 Å². The van der Waals surface area contributed by atoms with Crippen LogP contribution in [0.25, 0.3) is 0 Å². The van der Waals surface area contributed by atoms with E-state index >= 15 is 0 Å². The molecule has 114 valence electrons. The third-order valence-electron chi connectivity index (χ3n) is 2.94. The maximum Gasteiger partial charge on any atom is 0.296 e. The number of carbonyl (C=O) groups excluding carboxylic acids is 1. The molecule has 0 aromatic heterocycles. The molecule has 6 heteroatoms. The van der Waals surface area contributed by atoms with Gasteiger partial charge in [0.2, 0.25) is 8.32 Å². The molecule has 0 aliphatic heterocycles. The average Bonchev–Trinajstić information content (AvgIpc) is 2.26. The third-order valence-corrected chi connectivity index (χ3v) is 6.42. The molecule has 0 saturated carbocycles. The van der Waals surface area contributed by atoms with Crippen LogP contribution in [-0.2, 0) is 13.6 Å². The van der Waals surface area contributed by atoms with E-state index in [0.29, 0.717) is 6.54 Å². The Bertz CT molecular complexity index is 278. The van der Waals surface area contributed by atoms with Crippen molar-refractivity contribution < 1.29 is 13.6 Å². The van der Waals surface area contributed by atoms with E-state index in [0.717, 1.165) is 19.0 Å². The molecule has 0 spiro atoms. The van der Waals surface area contributed by atoms with Crippen molar-refractivity contribution in [3.63, 3.8) is 0 Å². The number of nitrogens with one attached hydrogen (secondary N) is 1. The standard InChI is InChI=1S/C13H31NO3Si2/c1-12(13(15)17-18(3,4)5)11-14-9-8-10-19(6,7)16-2/h12,14H,8-11H2,1-7H3. The lowest BCUT2D eigenvalue weighted by Crippen LogP contribution is -2.36. The maximum absolute atomic E-state index is 11.8. The van der Waals surface area contributed by atoms with Gasteiger partial charge in [0.1, 0.15) is 0 Å². The maximum atomic E-state index is 11.8. The fourth-order valence-corrected chi connectivity index (χ4v) is 3.58. The van der Waals surface area contributed by atoms with Crippen LogP contribution in [0.4, 0.5) is 0 Å². The summed E-state index contributed by atoms with van der Waals surface area (Å²) in [4.78, 5) is 11.8. The van der Waals surface area contributed by atoms with E-state index in [1.54, 1.807) is 7.11 Å². The second kappa shape index (κ2) is 8.19. The van der Waals surface area contributed by atoms with Crippen LogP contribution in [0.3, 0.4) is 0 Å². The first-order valence-electron chi connectivity index (χ1n) is 7.06. The number of rotatable bonds is 9. The van der Waals surface area contributed by atoms with E-state index in [1.807, 2.05) is 26.6 Å². The fourth-order valence-electron chi connectivity index (χ4n) is 1.55. The Kier molecular flexibility index (Phi) is 8.11. The Morgan fingerprint density at radius 3 is 2.26 bits per heavy atom. The summed E-state index contributed by atoms with van der Waals surface area (Å²) >= 11 is 0. The zero-order chi connectivity index (χ0) is 15.1. The highest BCUT2D eigenvalue weighted by Gasteiger charge is 2.23. The quantitative estimate of drug-likeness (QED) is 0.525. The predicted molar refractivity (Wildman–Crippen MR) is 85.4 cm³/mol. The van der Waals surface area contributed by atoms with Crippen molar-refractivity contribution in [2.75, 3.05) is 20.2 Å². The van der Waals surface area contributed by atoms with Gasteiger partial charge in [0, 0.05) is 13.7 Å². The van der Waals surface area contributed by atoms with Crippen LogP contribution in [0.2, 0.25) is 38.8 Å². The lowest BCUT2D eigenvalue weighted by molar-refractivity contribution is -0.138. The molecular weight excluding hydrogens is 274 g/mol. The molecule has 0 aliphatic rings. The van der Waals surface area contributed by atoms with Gasteiger partial charge >= 0.3 is 0 Å². The smallest absolute Gasteiger partial charge is 0.296 e. The van der Waals surface area contributed by atoms with E-state index in [2.05, 4.69) is 18.4 Å². The van der Waals surface area contributed by atoms with Gasteiger partial charge in [-0.3, -0.25) is 4.79 Å². The topological polar surface area (TPSA) is 47.6 Å². The number of carbonyl (C=O) groups is 1. The lowest BCUT2D eigenvalue weighted by atomic mass is 10.2. The van der Waals surface area contributed by atoms with Crippen LogP contribution in [0, 0.1) is 5.92 Å². The van der Waals surface area contributed by atoms with Gasteiger partial charge in [-0.25, -0.2) is 0 Å². The van der Waals surface area contributed by atoms with Gasteiger partial charge in [0.05, 0.1) is 5.92 Å². The molecule has 0 bridgehead atoms. The Morgan fingerprint density at radius 1 is 1.21 bits per heavy atom. The largest absolute Gasteiger partial charge is 0.520 e. The highest BCUT2D eigenvalue weighted by atomic mass is 28.4. The summed E-state index contributed by atoms with van der Waals surface area (Å²) in [6.07, 6.45) is 1.10. The molecule has 0 fully saturated rings. The highest BCUT2D eigenvalue weighted by molar-refractivity contribution is 6.71. The molecule has 1 unspecified atom stereocenters. The SMILES string of the molecule is CO[Si](C)(C)CCCNCC(C)C(=O)O[Si](C)(C)C. The lowest BCUT2D eigenvalue weighted by Gasteiger charge is -2.21. The number of hydrogen-bond donors (Lipinski definition) is 1. The van der Waals surface area contributed by atoms with Gasteiger partial charge in [-0.15, -0.1) is 0 Å². The zero-order valence-electron chi connectivity index (χ0n) is 13.6. The first-order valence-corrected chi connectivity index (χ1v) is 13.6. The van der Waals surface area contributed by atoms with Crippen molar-refractivity contribution in [3.05, 3.63) is 0 Å². The minimum Gasteiger partial charge on any atom is -0.520 e. The minimum absolute atomic E-state index is 0.0700. The molecule has 0 saturated heterocycles. The molecule has 1 atom stereocenters. The summed E-state index contributed by atoms with van der Waals surface area (Å²) in [6.45, 7) is 14.1. The molecule has 0 rings (SSSR count). The van der Waals surface area contributed by atoms with Crippen LogP contribution in [0.1, 0.15) is 13.3 Å². The molecule has 19 heavy (non-hydrogen) atoms. The zero-order valence-corrected chi connectivity index (χ0v) is 15.6. The van der Waals surface area contributed by atoms with Crippen molar-refractivity contribution >= 4 is 22.6 Å². The van der Waals surface area contributed by atoms with Gasteiger partial charge in [0.25, 0.3) is 5.97 Å². The first kappa shape index (κ1) is 18.8. The summed E-state index contributed by atoms with van der Waals surface area (Å²) in [5, 5.41) is 3.33. The van der Waals surface area contributed by atoms with Crippen LogP contribution >= 0.6 is 0 Å². The summed E-state index contributed by atoms with van der Waals surface area (Å²) in [7, 11) is -1.39. The van der Waals surface area contributed by atoms with Crippen LogP contribution < -0.4 is 5.32 Å². The number of hydrogen-bond acceptors (Lipinski definition) is 4. The minimum atomic E-state index is -1.76. The summed E-state index contributed by atoms with van der Waals surface area (Å²) in [5.74, 6) is -0.141. The van der Waals surface area contributed by atoms with Crippen molar-refractivity contribution in [3.8, 4) is 0 Å². The fraction of sp³-hybridized carbons (Fsp3) is 0.923. The predicted octanol–water partition coefficient (Wildman–Crippen LogP) is 2.83. The average molecular weight is 306 g/mol. The molecule has 1 N–H and O–H groups in total. The van der Waals surface area contributed by atoms with Crippen LogP contribution in [0.5, 0.6) is 0 Å². The Labute approximate surface area is 120 Å². The molecule has 0 radical (unpaired) electrons. The summed E-state index contributed by atoms with van der Waals surface area (Å²) < 4.78 is 11.0. The van der Waals surface area contributed by atoms with Crippen molar-refractivity contribution in [1.82, 2.24) is 5.32 Å². The van der Waals surface area contributed by atoms with Gasteiger partial charge in [-0.1, -0.05) is 6.92 Å². The monoisotopic (exact) mass is 305 g/mol. The highest BCUT2D eigenvalue weighted by Crippen LogP contribution is 2.11. The molecule has 4 nitrogen and oxygen atoms in total. The van der Waals surface area contributed by atoms with Crippen LogP contribution in [0.15, 0.2) is 0 Å². The molecule has 0 aromatic rings. The van der Waals surface area contributed by atoms with Gasteiger partial charge in [0.15, 0.2) is 8.32 Å². The van der Waals surface area contributed by atoms with E-state index in [9.17, 15) is 4.79 Å². The molecule has 0 aromatic carbocycles. The van der Waals surface area contributed by atoms with E-state index in [4.69, 9.17) is 8.85 Å². The molecule has 0 aliphatic carbocycles.